The van der Waals surface area contributed by atoms with Crippen LogP contribution in [0.3, 0.4) is 0 Å². The number of aromatic carboxylic acids is 1. The Hall–Kier alpha value is -1.75. The molecule has 0 radical (unpaired) electrons. The number of furan rings is 1. The SMILES string of the molecule is O=C(O)c1cccc2c1CCCN2Cc1occc1Br. The van der Waals surface area contributed by atoms with Crippen LogP contribution in [0.25, 0.3) is 0 Å². The molecule has 4 nitrogen and oxygen atoms in total. The van der Waals surface area contributed by atoms with E-state index in [1.165, 1.54) is 0 Å². The van der Waals surface area contributed by atoms with Crippen molar-refractivity contribution in [3.05, 3.63) is 51.9 Å². The largest absolute Gasteiger partial charge is 0.478 e. The summed E-state index contributed by atoms with van der Waals surface area (Å²) in [6, 6.07) is 7.33. The number of carboxylic acid groups (broad SMARTS) is 1. The summed E-state index contributed by atoms with van der Waals surface area (Å²) in [5.41, 5.74) is 2.33. The molecule has 1 aliphatic rings. The summed E-state index contributed by atoms with van der Waals surface area (Å²) in [5.74, 6) is 0.00135. The van der Waals surface area contributed by atoms with Gasteiger partial charge in [0.05, 0.1) is 22.8 Å². The molecule has 0 spiro atoms. The molecule has 0 aliphatic carbocycles. The lowest BCUT2D eigenvalue weighted by Gasteiger charge is -2.31. The van der Waals surface area contributed by atoms with Gasteiger partial charge in [0.15, 0.2) is 0 Å². The Morgan fingerprint density at radius 2 is 2.25 bits per heavy atom. The molecule has 5 heteroatoms. The van der Waals surface area contributed by atoms with Crippen LogP contribution in [0.15, 0.2) is 39.4 Å². The van der Waals surface area contributed by atoms with Crippen LogP contribution in [0.1, 0.15) is 28.1 Å². The number of carbonyl (C=O) groups is 1. The van der Waals surface area contributed by atoms with E-state index in [0.29, 0.717) is 12.1 Å². The van der Waals surface area contributed by atoms with Crippen molar-refractivity contribution in [3.8, 4) is 0 Å². The van der Waals surface area contributed by atoms with E-state index >= 15 is 0 Å². The van der Waals surface area contributed by atoms with Gasteiger partial charge in [0.25, 0.3) is 0 Å². The molecule has 0 unspecified atom stereocenters. The molecule has 1 aromatic carbocycles. The van der Waals surface area contributed by atoms with Crippen LogP contribution in [0.2, 0.25) is 0 Å². The zero-order chi connectivity index (χ0) is 14.1. The number of nitrogens with zero attached hydrogens (tertiary/aromatic N) is 1. The van der Waals surface area contributed by atoms with Crippen LogP contribution in [0.4, 0.5) is 5.69 Å². The summed E-state index contributed by atoms with van der Waals surface area (Å²) >= 11 is 3.46. The minimum atomic E-state index is -0.858. The molecule has 1 N–H and O–H groups in total. The first-order valence-corrected chi connectivity index (χ1v) is 7.28. The molecule has 1 aliphatic heterocycles. The molecule has 1 aromatic heterocycles. The number of fused-ring (bicyclic) bond motifs is 1. The van der Waals surface area contributed by atoms with E-state index in [9.17, 15) is 9.90 Å². The van der Waals surface area contributed by atoms with Gasteiger partial charge in [0.1, 0.15) is 5.76 Å². The second kappa shape index (κ2) is 5.32. The van der Waals surface area contributed by atoms with Gasteiger partial charge in [-0.15, -0.1) is 0 Å². The fourth-order valence-electron chi connectivity index (χ4n) is 2.68. The Kier molecular flexibility index (Phi) is 3.53. The standard InChI is InChI=1S/C15H14BrNO3/c16-12-6-8-20-14(12)9-17-7-2-4-10-11(15(18)19)3-1-5-13(10)17/h1,3,5-6,8H,2,4,7,9H2,(H,18,19). The van der Waals surface area contributed by atoms with Crippen LogP contribution in [0.5, 0.6) is 0 Å². The molecular formula is C15H14BrNO3. The first-order chi connectivity index (χ1) is 9.66. The van der Waals surface area contributed by atoms with Crippen molar-refractivity contribution >= 4 is 27.6 Å². The smallest absolute Gasteiger partial charge is 0.336 e. The predicted octanol–water partition coefficient (Wildman–Crippen LogP) is 3.69. The van der Waals surface area contributed by atoms with Gasteiger partial charge >= 0.3 is 5.97 Å². The highest BCUT2D eigenvalue weighted by molar-refractivity contribution is 9.10. The molecule has 0 saturated heterocycles. The van der Waals surface area contributed by atoms with Crippen molar-refractivity contribution in [2.45, 2.75) is 19.4 Å². The summed E-state index contributed by atoms with van der Waals surface area (Å²) in [5, 5.41) is 9.28. The third kappa shape index (κ3) is 2.33. The Bertz CT molecular complexity index is 650. The zero-order valence-electron chi connectivity index (χ0n) is 10.8. The van der Waals surface area contributed by atoms with Gasteiger partial charge in [-0.1, -0.05) is 6.07 Å². The molecule has 0 bridgehead atoms. The Morgan fingerprint density at radius 3 is 2.95 bits per heavy atom. The van der Waals surface area contributed by atoms with Crippen molar-refractivity contribution in [1.29, 1.82) is 0 Å². The highest BCUT2D eigenvalue weighted by Gasteiger charge is 2.23. The lowest BCUT2D eigenvalue weighted by molar-refractivity contribution is 0.0695. The molecule has 2 heterocycles. The minimum absolute atomic E-state index is 0.408. The molecule has 20 heavy (non-hydrogen) atoms. The van der Waals surface area contributed by atoms with Crippen LogP contribution in [-0.4, -0.2) is 17.6 Å². The van der Waals surface area contributed by atoms with Gasteiger partial charge in [-0.05, 0) is 52.5 Å². The molecule has 104 valence electrons. The maximum absolute atomic E-state index is 11.3. The van der Waals surface area contributed by atoms with Crippen LogP contribution in [0, 0.1) is 0 Å². The van der Waals surface area contributed by atoms with Crippen molar-refractivity contribution < 1.29 is 14.3 Å². The average molecular weight is 336 g/mol. The maximum Gasteiger partial charge on any atom is 0.336 e. The fraction of sp³-hybridized carbons (Fsp3) is 0.267. The highest BCUT2D eigenvalue weighted by atomic mass is 79.9. The predicted molar refractivity (Wildman–Crippen MR) is 79.2 cm³/mol. The van der Waals surface area contributed by atoms with Crippen LogP contribution in [-0.2, 0) is 13.0 Å². The summed E-state index contributed by atoms with van der Waals surface area (Å²) in [7, 11) is 0. The number of halogens is 1. The number of hydrogen-bond donors (Lipinski definition) is 1. The van der Waals surface area contributed by atoms with Crippen molar-refractivity contribution in [3.63, 3.8) is 0 Å². The van der Waals surface area contributed by atoms with Gasteiger partial charge in [-0.3, -0.25) is 0 Å². The van der Waals surface area contributed by atoms with Crippen molar-refractivity contribution in [2.24, 2.45) is 0 Å². The van der Waals surface area contributed by atoms with Gasteiger partial charge in [0, 0.05) is 12.2 Å². The summed E-state index contributed by atoms with van der Waals surface area (Å²) < 4.78 is 6.40. The lowest BCUT2D eigenvalue weighted by atomic mass is 9.96. The van der Waals surface area contributed by atoms with E-state index in [1.54, 1.807) is 18.4 Å². The number of anilines is 1. The molecule has 0 fully saturated rings. The first kappa shape index (κ1) is 13.2. The Labute approximate surface area is 125 Å². The van der Waals surface area contributed by atoms with E-state index in [2.05, 4.69) is 20.8 Å². The van der Waals surface area contributed by atoms with Gasteiger partial charge in [-0.25, -0.2) is 4.79 Å². The third-order valence-electron chi connectivity index (χ3n) is 3.60. The number of benzene rings is 1. The second-order valence-electron chi connectivity index (χ2n) is 4.83. The van der Waals surface area contributed by atoms with Gasteiger partial charge < -0.3 is 14.4 Å². The summed E-state index contributed by atoms with van der Waals surface area (Å²) in [6.45, 7) is 1.55. The van der Waals surface area contributed by atoms with Crippen molar-refractivity contribution in [2.75, 3.05) is 11.4 Å². The van der Waals surface area contributed by atoms with Crippen LogP contribution < -0.4 is 4.90 Å². The first-order valence-electron chi connectivity index (χ1n) is 6.49. The van der Waals surface area contributed by atoms with E-state index < -0.39 is 5.97 Å². The molecule has 2 aromatic rings. The maximum atomic E-state index is 11.3. The lowest BCUT2D eigenvalue weighted by Crippen LogP contribution is -2.29. The van der Waals surface area contributed by atoms with Gasteiger partial charge in [-0.2, -0.15) is 0 Å². The molecule has 0 amide bonds. The number of carboxylic acids is 1. The molecule has 0 saturated carbocycles. The molecule has 3 rings (SSSR count). The fourth-order valence-corrected chi connectivity index (χ4v) is 3.00. The van der Waals surface area contributed by atoms with E-state index in [-0.39, 0.29) is 0 Å². The monoisotopic (exact) mass is 335 g/mol. The quantitative estimate of drug-likeness (QED) is 0.929. The minimum Gasteiger partial charge on any atom is -0.478 e. The highest BCUT2D eigenvalue weighted by Crippen LogP contribution is 2.32. The second-order valence-corrected chi connectivity index (χ2v) is 5.68. The number of hydrogen-bond acceptors (Lipinski definition) is 3. The van der Waals surface area contributed by atoms with Crippen molar-refractivity contribution in [1.82, 2.24) is 0 Å². The molecule has 0 atom stereocenters. The zero-order valence-corrected chi connectivity index (χ0v) is 12.4. The molecular weight excluding hydrogens is 322 g/mol. The summed E-state index contributed by atoms with van der Waals surface area (Å²) in [4.78, 5) is 13.5. The third-order valence-corrected chi connectivity index (χ3v) is 4.31. The Morgan fingerprint density at radius 1 is 1.40 bits per heavy atom. The average Bonchev–Trinajstić information content (AvgIpc) is 2.84. The Balaban J connectivity index is 1.96. The topological polar surface area (TPSA) is 53.7 Å². The van der Waals surface area contributed by atoms with E-state index in [1.807, 2.05) is 12.1 Å². The van der Waals surface area contributed by atoms with Crippen LogP contribution >= 0.6 is 15.9 Å². The van der Waals surface area contributed by atoms with Gasteiger partial charge in [0.2, 0.25) is 0 Å². The normalized spacial score (nSPS) is 14.2. The van der Waals surface area contributed by atoms with E-state index in [4.69, 9.17) is 4.42 Å². The number of rotatable bonds is 3. The summed E-state index contributed by atoms with van der Waals surface area (Å²) in [6.07, 6.45) is 3.42. The van der Waals surface area contributed by atoms with E-state index in [0.717, 1.165) is 40.9 Å².